The summed E-state index contributed by atoms with van der Waals surface area (Å²) in [6.45, 7) is 5.12. The lowest BCUT2D eigenvalue weighted by Gasteiger charge is -2.46. The molecule has 8 heteroatoms. The summed E-state index contributed by atoms with van der Waals surface area (Å²) in [4.78, 5) is 50.5. The third kappa shape index (κ3) is 4.70. The maximum Gasteiger partial charge on any atom is 0.202 e. The number of phenolic OH excluding ortho intramolecular Hbond substituents is 1. The molecule has 3 aliphatic carbocycles. The molecule has 41 heavy (non-hydrogen) atoms. The van der Waals surface area contributed by atoms with Crippen LogP contribution in [0.1, 0.15) is 63.1 Å². The zero-order valence-electron chi connectivity index (χ0n) is 23.4. The SMILES string of the molecule is CC(=O)C1=C(O)[C@@]2(O)C(=O)C3=C(O)c4c(O)ccc(-c5ccc(CCC(=O)CC(C)C)cc5)c4C[C@H]3C[C@H]2CC1=O. The molecule has 8 nitrogen and oxygen atoms in total. The number of aryl methyl sites for hydroxylation is 1. The molecular weight excluding hydrogens is 524 g/mol. The maximum atomic E-state index is 13.7. The number of rotatable bonds is 7. The minimum atomic E-state index is -2.51. The van der Waals surface area contributed by atoms with E-state index in [1.807, 2.05) is 38.1 Å². The number of ketones is 4. The van der Waals surface area contributed by atoms with Crippen LogP contribution in [0, 0.1) is 17.8 Å². The molecule has 5 rings (SSSR count). The van der Waals surface area contributed by atoms with Crippen molar-refractivity contribution < 1.29 is 39.6 Å². The van der Waals surface area contributed by atoms with Crippen molar-refractivity contribution >= 4 is 28.9 Å². The Morgan fingerprint density at radius 3 is 2.32 bits per heavy atom. The lowest BCUT2D eigenvalue weighted by molar-refractivity contribution is -0.147. The first-order valence-corrected chi connectivity index (χ1v) is 14.0. The topological polar surface area (TPSA) is 149 Å². The van der Waals surface area contributed by atoms with Crippen molar-refractivity contribution in [2.75, 3.05) is 0 Å². The number of Topliss-reactive ketones (excluding diaryl/α,β-unsaturated/α-hetero) is 4. The van der Waals surface area contributed by atoms with E-state index in [1.54, 1.807) is 6.07 Å². The molecule has 0 amide bonds. The van der Waals surface area contributed by atoms with Crippen LogP contribution in [0.4, 0.5) is 0 Å². The fourth-order valence-corrected chi connectivity index (χ4v) is 6.69. The van der Waals surface area contributed by atoms with Gasteiger partial charge in [-0.1, -0.05) is 44.2 Å². The van der Waals surface area contributed by atoms with Gasteiger partial charge < -0.3 is 20.4 Å². The average Bonchev–Trinajstić information content (AvgIpc) is 2.89. The number of carbonyl (C=O) groups excluding carboxylic acids is 4. The summed E-state index contributed by atoms with van der Waals surface area (Å²) in [5.74, 6) is -5.03. The predicted octanol–water partition coefficient (Wildman–Crippen LogP) is 4.74. The van der Waals surface area contributed by atoms with Gasteiger partial charge >= 0.3 is 0 Å². The number of carbonyl (C=O) groups is 4. The number of fused-ring (bicyclic) bond motifs is 3. The van der Waals surface area contributed by atoms with Gasteiger partial charge in [0.2, 0.25) is 5.78 Å². The Balaban J connectivity index is 1.52. The van der Waals surface area contributed by atoms with E-state index in [1.165, 1.54) is 6.07 Å². The van der Waals surface area contributed by atoms with Gasteiger partial charge in [-0.15, -0.1) is 0 Å². The zero-order chi connectivity index (χ0) is 29.8. The summed E-state index contributed by atoms with van der Waals surface area (Å²) in [5, 5.41) is 44.3. The molecule has 0 aliphatic heterocycles. The van der Waals surface area contributed by atoms with Crippen molar-refractivity contribution in [3.05, 3.63) is 70.0 Å². The summed E-state index contributed by atoms with van der Waals surface area (Å²) in [6.07, 6.45) is 1.73. The molecular formula is C33H34O8. The first-order chi connectivity index (χ1) is 19.3. The zero-order valence-corrected chi connectivity index (χ0v) is 23.4. The molecule has 4 N–H and O–H groups in total. The van der Waals surface area contributed by atoms with Crippen molar-refractivity contribution in [2.45, 2.75) is 64.9 Å². The summed E-state index contributed by atoms with van der Waals surface area (Å²) in [7, 11) is 0. The smallest absolute Gasteiger partial charge is 0.202 e. The van der Waals surface area contributed by atoms with Crippen molar-refractivity contribution in [1.29, 1.82) is 0 Å². The molecule has 0 bridgehead atoms. The Bertz CT molecular complexity index is 1540. The second kappa shape index (κ2) is 10.4. The summed E-state index contributed by atoms with van der Waals surface area (Å²) in [6, 6.07) is 10.9. The van der Waals surface area contributed by atoms with Gasteiger partial charge in [0.05, 0.1) is 5.56 Å². The largest absolute Gasteiger partial charge is 0.508 e. The van der Waals surface area contributed by atoms with Crippen LogP contribution in [-0.2, 0) is 32.0 Å². The molecule has 214 valence electrons. The molecule has 0 radical (unpaired) electrons. The van der Waals surface area contributed by atoms with Gasteiger partial charge in [-0.05, 0) is 66.3 Å². The van der Waals surface area contributed by atoms with Gasteiger partial charge in [-0.25, -0.2) is 0 Å². The Kier molecular flexibility index (Phi) is 7.24. The molecule has 0 aromatic heterocycles. The first-order valence-electron chi connectivity index (χ1n) is 14.0. The van der Waals surface area contributed by atoms with Crippen LogP contribution in [0.5, 0.6) is 5.75 Å². The molecule has 0 heterocycles. The Hall–Kier alpha value is -4.04. The molecule has 2 aromatic rings. The standard InChI is InChI=1S/C33H34O8/c1-16(2)12-22(35)9-6-18-4-7-19(8-5-18)23-10-11-25(36)29-24(23)14-20-13-21-15-26(37)27(17(3)34)31(39)33(21,41)32(40)28(20)30(29)38/h4-5,7-8,10-11,16,20-21,36,38-39,41H,6,9,12-15H2,1-3H3/t20-,21+,33-/m1/s1. The fourth-order valence-electron chi connectivity index (χ4n) is 6.69. The highest BCUT2D eigenvalue weighted by Gasteiger charge is 2.60. The molecule has 3 atom stereocenters. The van der Waals surface area contributed by atoms with Crippen LogP contribution in [0.2, 0.25) is 0 Å². The van der Waals surface area contributed by atoms with E-state index in [-0.39, 0.29) is 41.9 Å². The van der Waals surface area contributed by atoms with Crippen LogP contribution in [0.15, 0.2) is 53.3 Å². The monoisotopic (exact) mass is 558 g/mol. The third-order valence-corrected chi connectivity index (χ3v) is 8.65. The lowest BCUT2D eigenvalue weighted by Crippen LogP contribution is -2.57. The molecule has 0 unspecified atom stereocenters. The maximum absolute atomic E-state index is 13.7. The number of aliphatic hydroxyl groups excluding tert-OH is 2. The number of hydrogen-bond donors (Lipinski definition) is 4. The van der Waals surface area contributed by atoms with E-state index in [9.17, 15) is 39.6 Å². The van der Waals surface area contributed by atoms with E-state index >= 15 is 0 Å². The lowest BCUT2D eigenvalue weighted by atomic mass is 9.59. The number of hydrogen-bond acceptors (Lipinski definition) is 8. The minimum absolute atomic E-state index is 0.0784. The molecule has 0 saturated heterocycles. The van der Waals surface area contributed by atoms with E-state index in [0.717, 1.165) is 23.6 Å². The van der Waals surface area contributed by atoms with Crippen molar-refractivity contribution in [1.82, 2.24) is 0 Å². The van der Waals surface area contributed by atoms with Crippen LogP contribution in [0.3, 0.4) is 0 Å². The van der Waals surface area contributed by atoms with Gasteiger partial charge in [-0.3, -0.25) is 19.2 Å². The molecule has 3 aliphatic rings. The second-order valence-corrected chi connectivity index (χ2v) is 11.9. The fraction of sp³-hybridized carbons (Fsp3) is 0.394. The number of benzene rings is 2. The highest BCUT2D eigenvalue weighted by atomic mass is 16.3. The van der Waals surface area contributed by atoms with Gasteiger partial charge in [-0.2, -0.15) is 0 Å². The van der Waals surface area contributed by atoms with Crippen molar-refractivity contribution in [3.63, 3.8) is 0 Å². The summed E-state index contributed by atoms with van der Waals surface area (Å²) in [5.41, 5.74) is 0.0639. The Morgan fingerprint density at radius 2 is 1.68 bits per heavy atom. The summed E-state index contributed by atoms with van der Waals surface area (Å²) >= 11 is 0. The molecule has 1 saturated carbocycles. The second-order valence-electron chi connectivity index (χ2n) is 11.9. The van der Waals surface area contributed by atoms with Gasteiger partial charge in [0.25, 0.3) is 0 Å². The van der Waals surface area contributed by atoms with Crippen molar-refractivity contribution in [2.24, 2.45) is 17.8 Å². The summed E-state index contributed by atoms with van der Waals surface area (Å²) < 4.78 is 0. The highest BCUT2D eigenvalue weighted by Crippen LogP contribution is 2.53. The number of aliphatic hydroxyl groups is 3. The Labute approximate surface area is 238 Å². The van der Waals surface area contributed by atoms with Crippen LogP contribution in [0.25, 0.3) is 16.9 Å². The highest BCUT2D eigenvalue weighted by molar-refractivity contribution is 6.23. The van der Waals surface area contributed by atoms with Gasteiger partial charge in [0.1, 0.15) is 28.6 Å². The van der Waals surface area contributed by atoms with Crippen molar-refractivity contribution in [3.8, 4) is 16.9 Å². The third-order valence-electron chi connectivity index (χ3n) is 8.65. The average molecular weight is 559 g/mol. The van der Waals surface area contributed by atoms with Gasteiger partial charge in [0.15, 0.2) is 17.2 Å². The number of phenols is 1. The van der Waals surface area contributed by atoms with E-state index in [0.29, 0.717) is 30.7 Å². The quantitative estimate of drug-likeness (QED) is 0.356. The molecule has 1 fully saturated rings. The van der Waals surface area contributed by atoms with Crippen LogP contribution in [-0.4, -0.2) is 49.2 Å². The van der Waals surface area contributed by atoms with E-state index < -0.39 is 51.9 Å². The van der Waals surface area contributed by atoms with Crippen LogP contribution < -0.4 is 0 Å². The first kappa shape index (κ1) is 28.5. The Morgan fingerprint density at radius 1 is 1.00 bits per heavy atom. The normalized spacial score (nSPS) is 23.8. The molecule has 0 spiro atoms. The van der Waals surface area contributed by atoms with Crippen LogP contribution >= 0.6 is 0 Å². The van der Waals surface area contributed by atoms with E-state index in [2.05, 4.69) is 0 Å². The minimum Gasteiger partial charge on any atom is -0.508 e. The molecule has 2 aromatic carbocycles. The van der Waals surface area contributed by atoms with E-state index in [4.69, 9.17) is 0 Å². The van der Waals surface area contributed by atoms with Gasteiger partial charge in [0, 0.05) is 30.8 Å². The number of allylic oxidation sites excluding steroid dienone is 1. The number of aromatic hydroxyl groups is 1. The predicted molar refractivity (Wildman–Crippen MR) is 151 cm³/mol.